The first-order valence-electron chi connectivity index (χ1n) is 3.70. The number of rotatable bonds is 2. The van der Waals surface area contributed by atoms with E-state index in [1.807, 2.05) is 11.8 Å². The minimum atomic E-state index is 0.319. The molecule has 1 rings (SSSR count). The summed E-state index contributed by atoms with van der Waals surface area (Å²) in [5.74, 6) is 0.606. The summed E-state index contributed by atoms with van der Waals surface area (Å²) in [6.07, 6.45) is 3.19. The second-order valence-electron chi connectivity index (χ2n) is 2.78. The van der Waals surface area contributed by atoms with Gasteiger partial charge in [0.15, 0.2) is 0 Å². The lowest BCUT2D eigenvalue weighted by Crippen LogP contribution is -2.08. The van der Waals surface area contributed by atoms with Crippen LogP contribution >= 0.6 is 11.8 Å². The summed E-state index contributed by atoms with van der Waals surface area (Å²) in [4.78, 5) is 1.41. The maximum absolute atomic E-state index is 8.69. The van der Waals surface area contributed by atoms with Gasteiger partial charge in [-0.3, -0.25) is 0 Å². The molecule has 1 aliphatic rings. The summed E-state index contributed by atoms with van der Waals surface area (Å²) in [7, 11) is 0. The molecule has 0 aromatic rings. The zero-order valence-corrected chi connectivity index (χ0v) is 7.32. The molecule has 58 valence electrons. The number of thioether (sulfide) groups is 1. The third-order valence-electron chi connectivity index (χ3n) is 1.89. The maximum atomic E-state index is 8.69. The number of hydrogen-bond donors (Lipinski definition) is 1. The van der Waals surface area contributed by atoms with Gasteiger partial charge in [-0.25, -0.2) is 0 Å². The molecule has 1 N–H and O–H groups in total. The molecule has 0 aromatic heterocycles. The van der Waals surface area contributed by atoms with Gasteiger partial charge in [0.05, 0.1) is 0 Å². The average molecular weight is 158 g/mol. The van der Waals surface area contributed by atoms with Crippen molar-refractivity contribution in [2.75, 3.05) is 6.61 Å². The highest BCUT2D eigenvalue weighted by atomic mass is 32.2. The minimum Gasteiger partial charge on any atom is -0.396 e. The number of hydrogen-bond acceptors (Lipinski definition) is 2. The van der Waals surface area contributed by atoms with E-state index >= 15 is 0 Å². The summed E-state index contributed by atoms with van der Waals surface area (Å²) in [5, 5.41) is 9.37. The van der Waals surface area contributed by atoms with Crippen molar-refractivity contribution in [3.05, 3.63) is 11.0 Å². The monoisotopic (exact) mass is 158 g/mol. The highest BCUT2D eigenvalue weighted by molar-refractivity contribution is 8.03. The Labute approximate surface area is 66.5 Å². The van der Waals surface area contributed by atoms with Gasteiger partial charge in [-0.2, -0.15) is 0 Å². The lowest BCUT2D eigenvalue weighted by Gasteiger charge is -2.10. The highest BCUT2D eigenvalue weighted by Crippen LogP contribution is 2.37. The van der Waals surface area contributed by atoms with Crippen LogP contribution in [0.3, 0.4) is 0 Å². The first kappa shape index (κ1) is 8.15. The molecule has 1 heterocycles. The van der Waals surface area contributed by atoms with Gasteiger partial charge in [0, 0.05) is 11.9 Å². The molecule has 1 nitrogen and oxygen atoms in total. The largest absolute Gasteiger partial charge is 0.396 e. The van der Waals surface area contributed by atoms with Crippen molar-refractivity contribution in [3.63, 3.8) is 0 Å². The van der Waals surface area contributed by atoms with Crippen LogP contribution in [-0.2, 0) is 0 Å². The summed E-state index contributed by atoms with van der Waals surface area (Å²) in [6.45, 7) is 4.68. The van der Waals surface area contributed by atoms with Crippen molar-refractivity contribution in [1.29, 1.82) is 0 Å². The quantitative estimate of drug-likeness (QED) is 0.663. The summed E-state index contributed by atoms with van der Waals surface area (Å²) in [6, 6.07) is 0. The normalized spacial score (nSPS) is 32.5. The topological polar surface area (TPSA) is 20.2 Å². The third-order valence-corrected chi connectivity index (χ3v) is 3.12. The maximum Gasteiger partial charge on any atom is 0.0437 e. The Balaban J connectivity index is 2.44. The fraction of sp³-hybridized carbons (Fsp3) is 0.750. The van der Waals surface area contributed by atoms with Crippen LogP contribution in [0.1, 0.15) is 20.3 Å². The summed E-state index contributed by atoms with van der Waals surface area (Å²) < 4.78 is 0. The molecule has 0 bridgehead atoms. The fourth-order valence-electron chi connectivity index (χ4n) is 1.32. The van der Waals surface area contributed by atoms with Crippen LogP contribution in [0.25, 0.3) is 0 Å². The Hall–Kier alpha value is 0.0500. The summed E-state index contributed by atoms with van der Waals surface area (Å²) >= 11 is 1.92. The highest BCUT2D eigenvalue weighted by Gasteiger charge is 2.21. The predicted octanol–water partition coefficient (Wildman–Crippen LogP) is 2.02. The van der Waals surface area contributed by atoms with E-state index in [1.165, 1.54) is 4.91 Å². The standard InChI is InChI=1S/C8H14OS/c1-6-5-8(3-4-9)7(2)10-6/h5,7-9H,3-4H2,1-2H3. The number of aliphatic hydroxyl groups excluding tert-OH is 1. The minimum absolute atomic E-state index is 0.319. The van der Waals surface area contributed by atoms with Crippen LogP contribution < -0.4 is 0 Å². The molecule has 2 heteroatoms. The van der Waals surface area contributed by atoms with Gasteiger partial charge in [-0.15, -0.1) is 11.8 Å². The van der Waals surface area contributed by atoms with E-state index in [0.29, 0.717) is 17.8 Å². The van der Waals surface area contributed by atoms with E-state index in [0.717, 1.165) is 6.42 Å². The molecular weight excluding hydrogens is 144 g/mol. The molecule has 10 heavy (non-hydrogen) atoms. The number of aliphatic hydroxyl groups is 1. The second kappa shape index (κ2) is 3.44. The molecule has 0 aromatic carbocycles. The van der Waals surface area contributed by atoms with Crippen LogP contribution in [0.15, 0.2) is 11.0 Å². The van der Waals surface area contributed by atoms with Crippen molar-refractivity contribution in [2.45, 2.75) is 25.5 Å². The molecule has 2 atom stereocenters. The predicted molar refractivity (Wildman–Crippen MR) is 46.0 cm³/mol. The first-order chi connectivity index (χ1) is 4.74. The van der Waals surface area contributed by atoms with Gasteiger partial charge >= 0.3 is 0 Å². The molecule has 0 aliphatic carbocycles. The molecule has 0 spiro atoms. The number of allylic oxidation sites excluding steroid dienone is 2. The molecule has 1 aliphatic heterocycles. The van der Waals surface area contributed by atoms with E-state index in [1.54, 1.807) is 0 Å². The Kier molecular flexibility index (Phi) is 2.81. The molecule has 0 saturated heterocycles. The SMILES string of the molecule is CC1=CC(CCO)C(C)S1. The molecule has 0 saturated carbocycles. The van der Waals surface area contributed by atoms with Crippen molar-refractivity contribution in [3.8, 4) is 0 Å². The first-order valence-corrected chi connectivity index (χ1v) is 4.58. The molecule has 0 amide bonds. The van der Waals surface area contributed by atoms with Crippen molar-refractivity contribution < 1.29 is 5.11 Å². The van der Waals surface area contributed by atoms with Crippen molar-refractivity contribution >= 4 is 11.8 Å². The van der Waals surface area contributed by atoms with E-state index < -0.39 is 0 Å². The van der Waals surface area contributed by atoms with Gasteiger partial charge in [0.25, 0.3) is 0 Å². The Bertz CT molecular complexity index is 142. The second-order valence-corrected chi connectivity index (χ2v) is 4.40. The Morgan fingerprint density at radius 1 is 1.70 bits per heavy atom. The lowest BCUT2D eigenvalue weighted by molar-refractivity contribution is 0.270. The smallest absolute Gasteiger partial charge is 0.0437 e. The fourth-order valence-corrected chi connectivity index (χ4v) is 2.55. The molecule has 2 unspecified atom stereocenters. The van der Waals surface area contributed by atoms with Crippen molar-refractivity contribution in [1.82, 2.24) is 0 Å². The van der Waals surface area contributed by atoms with Crippen LogP contribution in [0, 0.1) is 5.92 Å². The van der Waals surface area contributed by atoms with E-state index in [4.69, 9.17) is 5.11 Å². The Morgan fingerprint density at radius 3 is 2.80 bits per heavy atom. The van der Waals surface area contributed by atoms with Gasteiger partial charge in [-0.1, -0.05) is 13.0 Å². The van der Waals surface area contributed by atoms with Gasteiger partial charge in [-0.05, 0) is 24.2 Å². The van der Waals surface area contributed by atoms with Crippen LogP contribution in [0.4, 0.5) is 0 Å². The zero-order chi connectivity index (χ0) is 7.56. The Morgan fingerprint density at radius 2 is 2.40 bits per heavy atom. The van der Waals surface area contributed by atoms with Gasteiger partial charge in [0.1, 0.15) is 0 Å². The summed E-state index contributed by atoms with van der Waals surface area (Å²) in [5.41, 5.74) is 0. The van der Waals surface area contributed by atoms with Crippen LogP contribution in [-0.4, -0.2) is 17.0 Å². The third kappa shape index (κ3) is 1.77. The van der Waals surface area contributed by atoms with E-state index in [9.17, 15) is 0 Å². The lowest BCUT2D eigenvalue weighted by atomic mass is 10.0. The molecular formula is C8H14OS. The van der Waals surface area contributed by atoms with E-state index in [2.05, 4.69) is 19.9 Å². The molecule has 0 radical (unpaired) electrons. The molecule has 0 fully saturated rings. The van der Waals surface area contributed by atoms with Crippen LogP contribution in [0.2, 0.25) is 0 Å². The van der Waals surface area contributed by atoms with Gasteiger partial charge in [0.2, 0.25) is 0 Å². The van der Waals surface area contributed by atoms with Gasteiger partial charge < -0.3 is 5.11 Å². The van der Waals surface area contributed by atoms with Crippen LogP contribution in [0.5, 0.6) is 0 Å². The van der Waals surface area contributed by atoms with Crippen molar-refractivity contribution in [2.24, 2.45) is 5.92 Å². The average Bonchev–Trinajstić information content (AvgIpc) is 2.13. The zero-order valence-electron chi connectivity index (χ0n) is 6.50. The van der Waals surface area contributed by atoms with E-state index in [-0.39, 0.29) is 0 Å².